The molecule has 0 N–H and O–H groups in total. The monoisotopic (exact) mass is 445 g/mol. The molecule has 0 aliphatic rings. The molecule has 5 aromatic rings. The Kier molecular flexibility index (Phi) is 4.78. The summed E-state index contributed by atoms with van der Waals surface area (Å²) in [5.74, 6) is 1.35. The van der Waals surface area contributed by atoms with E-state index >= 15 is 0 Å². The molecule has 0 aliphatic heterocycles. The average Bonchev–Trinajstić information content (AvgIpc) is 3.46. The van der Waals surface area contributed by atoms with Crippen LogP contribution in [0, 0.1) is 5.82 Å². The zero-order valence-corrected chi connectivity index (χ0v) is 18.6. The van der Waals surface area contributed by atoms with Gasteiger partial charge in [0.25, 0.3) is 5.56 Å². The molecule has 0 aliphatic carbocycles. The molecule has 160 valence electrons. The van der Waals surface area contributed by atoms with Gasteiger partial charge in [-0.2, -0.15) is 9.50 Å². The van der Waals surface area contributed by atoms with Gasteiger partial charge in [0, 0.05) is 17.2 Å². The fourth-order valence-electron chi connectivity index (χ4n) is 3.40. The Bertz CT molecular complexity index is 1520. The number of aromatic nitrogens is 3. The highest BCUT2D eigenvalue weighted by molar-refractivity contribution is 7.15. The third-order valence-electron chi connectivity index (χ3n) is 5.22. The van der Waals surface area contributed by atoms with Gasteiger partial charge in [-0.1, -0.05) is 56.4 Å². The molecule has 0 spiro atoms. The predicted octanol–water partition coefficient (Wildman–Crippen LogP) is 5.06. The van der Waals surface area contributed by atoms with Crippen molar-refractivity contribution in [2.45, 2.75) is 26.2 Å². The van der Waals surface area contributed by atoms with Crippen LogP contribution in [0.2, 0.25) is 0 Å². The van der Waals surface area contributed by atoms with Crippen molar-refractivity contribution in [1.82, 2.24) is 14.6 Å². The normalized spacial score (nSPS) is 12.7. The van der Waals surface area contributed by atoms with Crippen molar-refractivity contribution in [2.24, 2.45) is 0 Å². The second kappa shape index (κ2) is 7.53. The first-order chi connectivity index (χ1) is 15.3. The smallest absolute Gasteiger partial charge is 0.291 e. The number of halogens is 1. The van der Waals surface area contributed by atoms with E-state index in [0.717, 1.165) is 11.1 Å². The van der Waals surface area contributed by atoms with Crippen LogP contribution >= 0.6 is 11.3 Å². The maximum atomic E-state index is 13.1. The van der Waals surface area contributed by atoms with Crippen molar-refractivity contribution in [3.8, 4) is 22.7 Å². The minimum Gasteiger partial charge on any atom is -0.457 e. The third kappa shape index (κ3) is 3.76. The molecule has 0 radical (unpaired) electrons. The van der Waals surface area contributed by atoms with E-state index in [9.17, 15) is 9.18 Å². The van der Waals surface area contributed by atoms with Crippen LogP contribution in [0.3, 0.4) is 0 Å². The lowest BCUT2D eigenvalue weighted by Gasteiger charge is -2.18. The Balaban J connectivity index is 1.46. The summed E-state index contributed by atoms with van der Waals surface area (Å²) in [5, 5.41) is 4.42. The van der Waals surface area contributed by atoms with Gasteiger partial charge in [-0.15, -0.1) is 5.10 Å². The molecule has 32 heavy (non-hydrogen) atoms. The van der Waals surface area contributed by atoms with Crippen LogP contribution in [-0.4, -0.2) is 14.6 Å². The lowest BCUT2D eigenvalue weighted by atomic mass is 9.87. The second-order valence-corrected chi connectivity index (χ2v) is 9.59. The molecule has 7 heteroatoms. The van der Waals surface area contributed by atoms with Crippen molar-refractivity contribution in [3.63, 3.8) is 0 Å². The molecule has 3 aromatic heterocycles. The predicted molar refractivity (Wildman–Crippen MR) is 124 cm³/mol. The summed E-state index contributed by atoms with van der Waals surface area (Å²) in [6.07, 6.45) is 1.67. The van der Waals surface area contributed by atoms with E-state index in [1.165, 1.54) is 33.5 Å². The van der Waals surface area contributed by atoms with E-state index < -0.39 is 0 Å². The fourth-order valence-corrected chi connectivity index (χ4v) is 4.29. The number of hydrogen-bond acceptors (Lipinski definition) is 5. The van der Waals surface area contributed by atoms with E-state index in [0.29, 0.717) is 26.8 Å². The minimum absolute atomic E-state index is 0.0653. The van der Waals surface area contributed by atoms with Crippen LogP contribution in [0.5, 0.6) is 0 Å². The van der Waals surface area contributed by atoms with Crippen molar-refractivity contribution in [2.75, 3.05) is 0 Å². The Labute approximate surface area is 187 Å². The van der Waals surface area contributed by atoms with Gasteiger partial charge in [0.2, 0.25) is 4.96 Å². The maximum Gasteiger partial charge on any atom is 0.291 e. The minimum atomic E-state index is -0.304. The number of nitrogens with zero attached hydrogens (tertiary/aromatic N) is 3. The highest BCUT2D eigenvalue weighted by Gasteiger charge is 2.16. The molecule has 0 unspecified atom stereocenters. The first-order valence-corrected chi connectivity index (χ1v) is 11.0. The molecular weight excluding hydrogens is 425 g/mol. The number of furan rings is 1. The zero-order valence-electron chi connectivity index (χ0n) is 17.8. The van der Waals surface area contributed by atoms with Gasteiger partial charge in [0.1, 0.15) is 21.9 Å². The van der Waals surface area contributed by atoms with Crippen LogP contribution in [0.15, 0.2) is 69.9 Å². The SMILES string of the molecule is CC(C)(C)c1ccc(-c2nc3s/c(=C\c4ccc(-c5ccc(F)cc5)o4)c(=O)n3n2)cc1. The molecule has 5 nitrogen and oxygen atoms in total. The molecule has 0 atom stereocenters. The molecular formula is C25H20FN3O2S. The molecule has 0 amide bonds. The summed E-state index contributed by atoms with van der Waals surface area (Å²) in [4.78, 5) is 17.9. The Morgan fingerprint density at radius 2 is 1.66 bits per heavy atom. The quantitative estimate of drug-likeness (QED) is 0.389. The maximum absolute atomic E-state index is 13.1. The highest BCUT2D eigenvalue weighted by Crippen LogP contribution is 2.25. The third-order valence-corrected chi connectivity index (χ3v) is 6.18. The summed E-state index contributed by atoms with van der Waals surface area (Å²) in [7, 11) is 0. The fraction of sp³-hybridized carbons (Fsp3) is 0.160. The Morgan fingerprint density at radius 1 is 0.969 bits per heavy atom. The van der Waals surface area contributed by atoms with Crippen LogP contribution in [-0.2, 0) is 5.41 Å². The van der Waals surface area contributed by atoms with Crippen LogP contribution in [0.1, 0.15) is 32.1 Å². The molecule has 0 fully saturated rings. The lowest BCUT2D eigenvalue weighted by Crippen LogP contribution is -2.23. The number of hydrogen-bond donors (Lipinski definition) is 0. The number of rotatable bonds is 3. The highest BCUT2D eigenvalue weighted by atomic mass is 32.1. The van der Waals surface area contributed by atoms with Gasteiger partial charge in [-0.3, -0.25) is 4.79 Å². The van der Waals surface area contributed by atoms with Gasteiger partial charge in [-0.05, 0) is 47.4 Å². The van der Waals surface area contributed by atoms with Gasteiger partial charge in [0.15, 0.2) is 5.82 Å². The summed E-state index contributed by atoms with van der Waals surface area (Å²) in [5.41, 5.74) is 2.68. The van der Waals surface area contributed by atoms with Gasteiger partial charge in [-0.25, -0.2) is 4.39 Å². The molecule has 2 aromatic carbocycles. The molecule has 0 saturated heterocycles. The van der Waals surface area contributed by atoms with E-state index in [1.807, 2.05) is 12.1 Å². The van der Waals surface area contributed by atoms with E-state index in [1.54, 1.807) is 30.3 Å². The lowest BCUT2D eigenvalue weighted by molar-refractivity contribution is 0.571. The topological polar surface area (TPSA) is 60.4 Å². The van der Waals surface area contributed by atoms with E-state index in [2.05, 4.69) is 43.0 Å². The molecule has 0 saturated carbocycles. The molecule has 5 rings (SSSR count). The second-order valence-electron chi connectivity index (χ2n) is 8.58. The number of fused-ring (bicyclic) bond motifs is 1. The summed E-state index contributed by atoms with van der Waals surface area (Å²) in [6, 6.07) is 17.7. The Morgan fingerprint density at radius 3 is 2.31 bits per heavy atom. The number of benzene rings is 2. The average molecular weight is 446 g/mol. The van der Waals surface area contributed by atoms with Crippen LogP contribution in [0.4, 0.5) is 4.39 Å². The largest absolute Gasteiger partial charge is 0.457 e. The number of thiazole rings is 1. The van der Waals surface area contributed by atoms with Crippen molar-refractivity contribution < 1.29 is 8.81 Å². The molecule has 0 bridgehead atoms. The van der Waals surface area contributed by atoms with Gasteiger partial charge in [0.05, 0.1) is 0 Å². The van der Waals surface area contributed by atoms with Crippen molar-refractivity contribution in [3.05, 3.63) is 92.7 Å². The zero-order chi connectivity index (χ0) is 22.5. The van der Waals surface area contributed by atoms with E-state index in [4.69, 9.17) is 4.42 Å². The standard InChI is InChI=1S/C25H20FN3O2S/c1-25(2,3)17-8-4-16(5-9-17)22-27-24-29(28-22)23(30)21(32-24)14-19-12-13-20(31-19)15-6-10-18(26)11-7-15/h4-14H,1-3H3/b21-14-. The molecule has 3 heterocycles. The summed E-state index contributed by atoms with van der Waals surface area (Å²) in [6.45, 7) is 6.49. The van der Waals surface area contributed by atoms with Gasteiger partial charge < -0.3 is 4.42 Å². The van der Waals surface area contributed by atoms with Crippen LogP contribution < -0.4 is 10.1 Å². The van der Waals surface area contributed by atoms with E-state index in [-0.39, 0.29) is 16.8 Å². The first kappa shape index (κ1) is 20.3. The summed E-state index contributed by atoms with van der Waals surface area (Å²) >= 11 is 1.26. The van der Waals surface area contributed by atoms with Crippen molar-refractivity contribution >= 4 is 22.4 Å². The Hall–Kier alpha value is -3.58. The first-order valence-electron chi connectivity index (χ1n) is 10.2. The van der Waals surface area contributed by atoms with Gasteiger partial charge >= 0.3 is 0 Å². The van der Waals surface area contributed by atoms with Crippen molar-refractivity contribution in [1.29, 1.82) is 0 Å². The van der Waals surface area contributed by atoms with Crippen LogP contribution in [0.25, 0.3) is 33.7 Å². The summed E-state index contributed by atoms with van der Waals surface area (Å²) < 4.78 is 20.7.